The van der Waals surface area contributed by atoms with Gasteiger partial charge in [0, 0.05) is 32.0 Å². The lowest BCUT2D eigenvalue weighted by Crippen LogP contribution is -2.25. The van der Waals surface area contributed by atoms with E-state index in [1.165, 1.54) is 12.8 Å². The van der Waals surface area contributed by atoms with E-state index in [1.54, 1.807) is 18.5 Å². The van der Waals surface area contributed by atoms with Gasteiger partial charge in [-0.05, 0) is 12.8 Å². The van der Waals surface area contributed by atoms with Crippen molar-refractivity contribution in [3.63, 3.8) is 0 Å². The van der Waals surface area contributed by atoms with Crippen molar-refractivity contribution < 1.29 is 4.79 Å². The number of rotatable bonds is 4. The standard InChI is InChI=1S/C12H16N4O/c1-2-5-13-11(17)10-8-14-12(15-9-10)16-6-3-4-7-16/h2,8-9H,1,3-7H2,(H,13,17). The first-order chi connectivity index (χ1) is 8.31. The molecule has 17 heavy (non-hydrogen) atoms. The van der Waals surface area contributed by atoms with Crippen LogP contribution in [0.15, 0.2) is 25.0 Å². The van der Waals surface area contributed by atoms with Crippen LogP contribution in [0.5, 0.6) is 0 Å². The monoisotopic (exact) mass is 232 g/mol. The Morgan fingerprint density at radius 2 is 2.06 bits per heavy atom. The minimum absolute atomic E-state index is 0.169. The van der Waals surface area contributed by atoms with Gasteiger partial charge in [-0.25, -0.2) is 9.97 Å². The van der Waals surface area contributed by atoms with Crippen LogP contribution >= 0.6 is 0 Å². The molecule has 1 fully saturated rings. The normalized spacial score (nSPS) is 14.7. The Morgan fingerprint density at radius 1 is 1.41 bits per heavy atom. The molecule has 0 aliphatic carbocycles. The Labute approximate surface area is 101 Å². The van der Waals surface area contributed by atoms with Gasteiger partial charge in [0.05, 0.1) is 5.56 Å². The number of nitrogens with zero attached hydrogens (tertiary/aromatic N) is 3. The number of anilines is 1. The van der Waals surface area contributed by atoms with Crippen molar-refractivity contribution in [3.05, 3.63) is 30.6 Å². The highest BCUT2D eigenvalue weighted by atomic mass is 16.1. The van der Waals surface area contributed by atoms with E-state index in [4.69, 9.17) is 0 Å². The van der Waals surface area contributed by atoms with E-state index in [0.717, 1.165) is 13.1 Å². The highest BCUT2D eigenvalue weighted by Crippen LogP contribution is 2.14. The summed E-state index contributed by atoms with van der Waals surface area (Å²) in [5.74, 6) is 0.542. The van der Waals surface area contributed by atoms with Crippen LogP contribution in [-0.2, 0) is 0 Å². The predicted octanol–water partition coefficient (Wildman–Crippen LogP) is 0.993. The van der Waals surface area contributed by atoms with E-state index < -0.39 is 0 Å². The van der Waals surface area contributed by atoms with Gasteiger partial charge in [0.2, 0.25) is 5.95 Å². The molecule has 1 aromatic rings. The largest absolute Gasteiger partial charge is 0.348 e. The van der Waals surface area contributed by atoms with Crippen molar-refractivity contribution in [1.82, 2.24) is 15.3 Å². The molecule has 0 radical (unpaired) electrons. The second kappa shape index (κ2) is 5.43. The van der Waals surface area contributed by atoms with Gasteiger partial charge in [0.15, 0.2) is 0 Å². The van der Waals surface area contributed by atoms with Crippen molar-refractivity contribution in [2.45, 2.75) is 12.8 Å². The summed E-state index contributed by atoms with van der Waals surface area (Å²) in [6.07, 6.45) is 7.14. The van der Waals surface area contributed by atoms with E-state index in [1.807, 2.05) is 0 Å². The van der Waals surface area contributed by atoms with Crippen molar-refractivity contribution >= 4 is 11.9 Å². The number of hydrogen-bond acceptors (Lipinski definition) is 4. The van der Waals surface area contributed by atoms with Crippen LogP contribution in [0.4, 0.5) is 5.95 Å². The molecule has 1 saturated heterocycles. The summed E-state index contributed by atoms with van der Waals surface area (Å²) in [6, 6.07) is 0. The van der Waals surface area contributed by atoms with Crippen molar-refractivity contribution in [2.75, 3.05) is 24.5 Å². The van der Waals surface area contributed by atoms with Crippen molar-refractivity contribution in [3.8, 4) is 0 Å². The van der Waals surface area contributed by atoms with Gasteiger partial charge in [-0.2, -0.15) is 0 Å². The molecule has 0 aromatic carbocycles. The summed E-state index contributed by atoms with van der Waals surface area (Å²) in [4.78, 5) is 22.2. The van der Waals surface area contributed by atoms with Crippen LogP contribution in [-0.4, -0.2) is 35.5 Å². The highest BCUT2D eigenvalue weighted by Gasteiger charge is 2.15. The molecule has 1 aliphatic rings. The van der Waals surface area contributed by atoms with Crippen molar-refractivity contribution in [1.29, 1.82) is 0 Å². The van der Waals surface area contributed by atoms with E-state index in [9.17, 15) is 4.79 Å². The maximum absolute atomic E-state index is 11.6. The first-order valence-electron chi connectivity index (χ1n) is 5.77. The molecule has 1 amide bonds. The average molecular weight is 232 g/mol. The molecular formula is C12H16N4O. The smallest absolute Gasteiger partial charge is 0.254 e. The van der Waals surface area contributed by atoms with Gasteiger partial charge in [0.25, 0.3) is 5.91 Å². The second-order valence-electron chi connectivity index (χ2n) is 3.96. The molecule has 2 rings (SSSR count). The van der Waals surface area contributed by atoms with E-state index in [-0.39, 0.29) is 5.91 Å². The summed E-state index contributed by atoms with van der Waals surface area (Å²) >= 11 is 0. The van der Waals surface area contributed by atoms with Crippen LogP contribution in [0.25, 0.3) is 0 Å². The van der Waals surface area contributed by atoms with Crippen LogP contribution in [0.2, 0.25) is 0 Å². The zero-order valence-corrected chi connectivity index (χ0v) is 9.72. The molecule has 2 heterocycles. The molecule has 0 unspecified atom stereocenters. The van der Waals surface area contributed by atoms with Crippen LogP contribution in [0.3, 0.4) is 0 Å². The van der Waals surface area contributed by atoms with Gasteiger partial charge >= 0.3 is 0 Å². The minimum Gasteiger partial charge on any atom is -0.348 e. The van der Waals surface area contributed by atoms with Gasteiger partial charge in [-0.1, -0.05) is 6.08 Å². The van der Waals surface area contributed by atoms with Crippen molar-refractivity contribution in [2.24, 2.45) is 0 Å². The van der Waals surface area contributed by atoms with Gasteiger partial charge < -0.3 is 10.2 Å². The van der Waals surface area contributed by atoms with Crippen LogP contribution < -0.4 is 10.2 Å². The Morgan fingerprint density at radius 3 is 2.65 bits per heavy atom. The summed E-state index contributed by atoms with van der Waals surface area (Å²) in [7, 11) is 0. The summed E-state index contributed by atoms with van der Waals surface area (Å²) in [5, 5.41) is 2.69. The summed E-state index contributed by atoms with van der Waals surface area (Å²) in [5.41, 5.74) is 0.481. The minimum atomic E-state index is -0.169. The van der Waals surface area contributed by atoms with Gasteiger partial charge in [-0.3, -0.25) is 4.79 Å². The number of aromatic nitrogens is 2. The SMILES string of the molecule is C=CCNC(=O)c1cnc(N2CCCC2)nc1. The zero-order valence-electron chi connectivity index (χ0n) is 9.72. The molecule has 0 spiro atoms. The Hall–Kier alpha value is -1.91. The number of hydrogen-bond donors (Lipinski definition) is 1. The number of carbonyl (C=O) groups is 1. The Bertz CT molecular complexity index is 395. The number of carbonyl (C=O) groups excluding carboxylic acids is 1. The summed E-state index contributed by atoms with van der Waals surface area (Å²) < 4.78 is 0. The lowest BCUT2D eigenvalue weighted by molar-refractivity contribution is 0.0957. The van der Waals surface area contributed by atoms with Gasteiger partial charge in [0.1, 0.15) is 0 Å². The number of amides is 1. The molecule has 5 nitrogen and oxygen atoms in total. The Balaban J connectivity index is 2.01. The second-order valence-corrected chi connectivity index (χ2v) is 3.96. The van der Waals surface area contributed by atoms with E-state index in [2.05, 4.69) is 26.8 Å². The molecule has 0 bridgehead atoms. The third-order valence-corrected chi connectivity index (χ3v) is 2.70. The third kappa shape index (κ3) is 2.81. The molecule has 5 heteroatoms. The fraction of sp³-hybridized carbons (Fsp3) is 0.417. The fourth-order valence-electron chi connectivity index (χ4n) is 1.79. The summed E-state index contributed by atoms with van der Waals surface area (Å²) in [6.45, 7) is 6.00. The lowest BCUT2D eigenvalue weighted by atomic mass is 10.3. The van der Waals surface area contributed by atoms with E-state index >= 15 is 0 Å². The molecule has 1 aliphatic heterocycles. The zero-order chi connectivity index (χ0) is 12.1. The van der Waals surface area contributed by atoms with E-state index in [0.29, 0.717) is 18.1 Å². The maximum Gasteiger partial charge on any atom is 0.254 e. The quantitative estimate of drug-likeness (QED) is 0.787. The lowest BCUT2D eigenvalue weighted by Gasteiger charge is -2.14. The first kappa shape index (κ1) is 11.6. The van der Waals surface area contributed by atoms with Crippen LogP contribution in [0.1, 0.15) is 23.2 Å². The topological polar surface area (TPSA) is 58.1 Å². The molecular weight excluding hydrogens is 216 g/mol. The molecule has 0 saturated carbocycles. The maximum atomic E-state index is 11.6. The Kier molecular flexibility index (Phi) is 3.69. The molecule has 1 aromatic heterocycles. The molecule has 1 N–H and O–H groups in total. The number of nitrogens with one attached hydrogen (secondary N) is 1. The molecule has 90 valence electrons. The highest BCUT2D eigenvalue weighted by molar-refractivity contribution is 5.93. The van der Waals surface area contributed by atoms with Crippen LogP contribution in [0, 0.1) is 0 Å². The fourth-order valence-corrected chi connectivity index (χ4v) is 1.79. The molecule has 0 atom stereocenters. The predicted molar refractivity (Wildman–Crippen MR) is 66.0 cm³/mol. The first-order valence-corrected chi connectivity index (χ1v) is 5.77. The third-order valence-electron chi connectivity index (χ3n) is 2.70. The van der Waals surface area contributed by atoms with Gasteiger partial charge in [-0.15, -0.1) is 6.58 Å². The average Bonchev–Trinajstić information content (AvgIpc) is 2.90.